The maximum Gasteiger partial charge on any atom is 0.0537 e. The van der Waals surface area contributed by atoms with Crippen molar-refractivity contribution >= 4 is 0 Å². The number of nitrogens with zero attached hydrogens (tertiary/aromatic N) is 2. The topological polar surface area (TPSA) is 36.4 Å². The van der Waals surface area contributed by atoms with E-state index in [4.69, 9.17) is 0 Å². The minimum Gasteiger partial charge on any atom is -0.395 e. The maximum absolute atomic E-state index is 9.81. The Kier molecular flexibility index (Phi) is 4.88. The Balaban J connectivity index is 2.06. The zero-order chi connectivity index (χ0) is 14.4. The molecular formula is C17H22N2O. The fourth-order valence-corrected chi connectivity index (χ4v) is 2.53. The molecule has 0 fully saturated rings. The van der Waals surface area contributed by atoms with Gasteiger partial charge < -0.3 is 10.0 Å². The van der Waals surface area contributed by atoms with Crippen LogP contribution >= 0.6 is 0 Å². The molecule has 0 aliphatic carbocycles. The molecule has 0 saturated carbocycles. The zero-order valence-corrected chi connectivity index (χ0v) is 12.2. The normalized spacial score (nSPS) is 14.2. The summed E-state index contributed by atoms with van der Waals surface area (Å²) in [6.07, 6.45) is 3.67. The van der Waals surface area contributed by atoms with Crippen LogP contribution < -0.4 is 0 Å². The number of aromatic nitrogens is 1. The molecule has 1 atom stereocenters. The van der Waals surface area contributed by atoms with Gasteiger partial charge in [0.15, 0.2) is 0 Å². The molecule has 0 radical (unpaired) electrons. The van der Waals surface area contributed by atoms with E-state index in [0.717, 1.165) is 13.1 Å². The molecule has 0 bridgehead atoms. The highest BCUT2D eigenvalue weighted by atomic mass is 16.3. The van der Waals surface area contributed by atoms with Gasteiger partial charge >= 0.3 is 0 Å². The number of rotatable bonds is 6. The van der Waals surface area contributed by atoms with Gasteiger partial charge in [-0.05, 0) is 24.2 Å². The fourth-order valence-electron chi connectivity index (χ4n) is 2.53. The van der Waals surface area contributed by atoms with Crippen molar-refractivity contribution in [2.24, 2.45) is 0 Å². The summed E-state index contributed by atoms with van der Waals surface area (Å²) in [7, 11) is 2.07. The summed E-state index contributed by atoms with van der Waals surface area (Å²) >= 11 is 0. The first-order valence-electron chi connectivity index (χ1n) is 6.88. The summed E-state index contributed by atoms with van der Waals surface area (Å²) < 4.78 is 0. The van der Waals surface area contributed by atoms with Crippen LogP contribution in [0.3, 0.4) is 0 Å². The average Bonchev–Trinajstić information content (AvgIpc) is 2.49. The highest BCUT2D eigenvalue weighted by Crippen LogP contribution is 2.24. The predicted octanol–water partition coefficient (Wildman–Crippen LogP) is 2.46. The lowest BCUT2D eigenvalue weighted by atomic mass is 9.83. The summed E-state index contributed by atoms with van der Waals surface area (Å²) in [6.45, 7) is 3.86. The maximum atomic E-state index is 9.81. The van der Waals surface area contributed by atoms with Gasteiger partial charge in [-0.3, -0.25) is 4.98 Å². The van der Waals surface area contributed by atoms with E-state index in [2.05, 4.69) is 42.1 Å². The molecular weight excluding hydrogens is 248 g/mol. The first kappa shape index (κ1) is 14.7. The van der Waals surface area contributed by atoms with E-state index in [-0.39, 0.29) is 12.0 Å². The van der Waals surface area contributed by atoms with Crippen LogP contribution in [0.1, 0.15) is 18.1 Å². The molecule has 106 valence electrons. The molecule has 0 saturated heterocycles. The first-order chi connectivity index (χ1) is 9.64. The molecule has 1 unspecified atom stereocenters. The summed E-state index contributed by atoms with van der Waals surface area (Å²) in [5, 5.41) is 9.81. The van der Waals surface area contributed by atoms with Crippen LogP contribution in [0.5, 0.6) is 0 Å². The third-order valence-electron chi connectivity index (χ3n) is 3.61. The number of aliphatic hydroxyl groups is 1. The Bertz CT molecular complexity index is 515. The van der Waals surface area contributed by atoms with Crippen molar-refractivity contribution in [3.63, 3.8) is 0 Å². The number of pyridine rings is 1. The molecule has 1 aromatic heterocycles. The van der Waals surface area contributed by atoms with Gasteiger partial charge in [-0.25, -0.2) is 0 Å². The lowest BCUT2D eigenvalue weighted by Gasteiger charge is -2.32. The molecule has 2 rings (SSSR count). The van der Waals surface area contributed by atoms with Crippen molar-refractivity contribution in [2.45, 2.75) is 18.9 Å². The van der Waals surface area contributed by atoms with E-state index in [1.807, 2.05) is 30.5 Å². The summed E-state index contributed by atoms with van der Waals surface area (Å²) in [5.74, 6) is 0. The van der Waals surface area contributed by atoms with Crippen molar-refractivity contribution in [2.75, 3.05) is 20.2 Å². The Labute approximate surface area is 120 Å². The van der Waals surface area contributed by atoms with Gasteiger partial charge in [0.05, 0.1) is 6.61 Å². The van der Waals surface area contributed by atoms with Gasteiger partial charge in [0, 0.05) is 30.9 Å². The number of aliphatic hydroxyl groups excluding tert-OH is 1. The van der Waals surface area contributed by atoms with Gasteiger partial charge in [-0.15, -0.1) is 0 Å². The van der Waals surface area contributed by atoms with Crippen molar-refractivity contribution in [1.82, 2.24) is 9.88 Å². The largest absolute Gasteiger partial charge is 0.395 e. The molecule has 0 amide bonds. The van der Waals surface area contributed by atoms with Gasteiger partial charge in [0.2, 0.25) is 0 Å². The molecule has 0 aliphatic heterocycles. The number of likely N-dealkylation sites (N-methyl/N-ethyl adjacent to an activating group) is 1. The second kappa shape index (κ2) is 6.64. The zero-order valence-electron chi connectivity index (χ0n) is 12.2. The Morgan fingerprint density at radius 3 is 2.50 bits per heavy atom. The number of hydrogen-bond donors (Lipinski definition) is 1. The first-order valence-corrected chi connectivity index (χ1v) is 6.88. The van der Waals surface area contributed by atoms with E-state index in [1.165, 1.54) is 11.1 Å². The van der Waals surface area contributed by atoms with Crippen molar-refractivity contribution in [1.29, 1.82) is 0 Å². The predicted molar refractivity (Wildman–Crippen MR) is 81.5 cm³/mol. The molecule has 1 aromatic carbocycles. The lowest BCUT2D eigenvalue weighted by molar-refractivity contribution is 0.156. The minimum atomic E-state index is -0.252. The minimum absolute atomic E-state index is 0.133. The Hall–Kier alpha value is -1.71. The fraction of sp³-hybridized carbons (Fsp3) is 0.353. The number of benzene rings is 1. The highest BCUT2D eigenvalue weighted by molar-refractivity contribution is 5.25. The third-order valence-corrected chi connectivity index (χ3v) is 3.61. The standard InChI is InChI=1S/C17H22N2O/c1-17(14-20,16-8-4-3-5-9-16)13-19(2)12-15-7-6-10-18-11-15/h3-11,20H,12-14H2,1-2H3. The third kappa shape index (κ3) is 3.65. The summed E-state index contributed by atoms with van der Waals surface area (Å²) in [5.41, 5.74) is 2.10. The van der Waals surface area contributed by atoms with Crippen LogP contribution in [0.4, 0.5) is 0 Å². The molecule has 1 N–H and O–H groups in total. The molecule has 3 heteroatoms. The number of hydrogen-bond acceptors (Lipinski definition) is 3. The van der Waals surface area contributed by atoms with Crippen LogP contribution in [-0.2, 0) is 12.0 Å². The SMILES string of the molecule is CN(Cc1cccnc1)CC(C)(CO)c1ccccc1. The molecule has 0 aliphatic rings. The molecule has 2 aromatic rings. The van der Waals surface area contributed by atoms with E-state index >= 15 is 0 Å². The second-order valence-corrected chi connectivity index (χ2v) is 5.62. The van der Waals surface area contributed by atoms with Crippen molar-refractivity contribution < 1.29 is 5.11 Å². The highest BCUT2D eigenvalue weighted by Gasteiger charge is 2.27. The van der Waals surface area contributed by atoms with Crippen LogP contribution in [0.15, 0.2) is 54.9 Å². The Morgan fingerprint density at radius 1 is 1.15 bits per heavy atom. The molecule has 3 nitrogen and oxygen atoms in total. The lowest BCUT2D eigenvalue weighted by Crippen LogP contribution is -2.39. The van der Waals surface area contributed by atoms with Crippen LogP contribution in [0, 0.1) is 0 Å². The van der Waals surface area contributed by atoms with Gasteiger partial charge in [0.25, 0.3) is 0 Å². The monoisotopic (exact) mass is 270 g/mol. The van der Waals surface area contributed by atoms with E-state index in [0.29, 0.717) is 0 Å². The van der Waals surface area contributed by atoms with Crippen molar-refractivity contribution in [3.8, 4) is 0 Å². The second-order valence-electron chi connectivity index (χ2n) is 5.62. The Morgan fingerprint density at radius 2 is 1.90 bits per heavy atom. The van der Waals surface area contributed by atoms with Crippen molar-refractivity contribution in [3.05, 3.63) is 66.0 Å². The smallest absolute Gasteiger partial charge is 0.0537 e. The summed E-state index contributed by atoms with van der Waals surface area (Å²) in [4.78, 5) is 6.36. The van der Waals surface area contributed by atoms with Crippen LogP contribution in [-0.4, -0.2) is 35.2 Å². The van der Waals surface area contributed by atoms with Gasteiger partial charge in [0.1, 0.15) is 0 Å². The van der Waals surface area contributed by atoms with Crippen LogP contribution in [0.2, 0.25) is 0 Å². The summed E-state index contributed by atoms with van der Waals surface area (Å²) in [6, 6.07) is 14.2. The molecule has 0 spiro atoms. The molecule has 20 heavy (non-hydrogen) atoms. The van der Waals surface area contributed by atoms with Crippen LogP contribution in [0.25, 0.3) is 0 Å². The van der Waals surface area contributed by atoms with Gasteiger partial charge in [-0.1, -0.05) is 43.3 Å². The molecule has 1 heterocycles. The van der Waals surface area contributed by atoms with E-state index in [1.54, 1.807) is 6.20 Å². The van der Waals surface area contributed by atoms with E-state index in [9.17, 15) is 5.11 Å². The van der Waals surface area contributed by atoms with Gasteiger partial charge in [-0.2, -0.15) is 0 Å². The van der Waals surface area contributed by atoms with E-state index < -0.39 is 0 Å². The average molecular weight is 270 g/mol. The quantitative estimate of drug-likeness (QED) is 0.876.